The lowest BCUT2D eigenvalue weighted by Crippen LogP contribution is -2.40. The Hall–Kier alpha value is -1.49. The highest BCUT2D eigenvalue weighted by Gasteiger charge is 2.20. The van der Waals surface area contributed by atoms with Gasteiger partial charge in [-0.1, -0.05) is 19.9 Å². The van der Waals surface area contributed by atoms with Crippen LogP contribution in [0.25, 0.3) is 0 Å². The van der Waals surface area contributed by atoms with Crippen molar-refractivity contribution in [1.82, 2.24) is 5.32 Å². The summed E-state index contributed by atoms with van der Waals surface area (Å²) in [5.74, 6) is -2.88. The van der Waals surface area contributed by atoms with Crippen molar-refractivity contribution in [2.45, 2.75) is 26.4 Å². The molecule has 0 saturated heterocycles. The predicted octanol–water partition coefficient (Wildman–Crippen LogP) is 2.16. The molecular weight excluding hydrogens is 228 g/mol. The van der Waals surface area contributed by atoms with E-state index in [0.29, 0.717) is 5.56 Å². The monoisotopic (exact) mass is 243 g/mol. The fourth-order valence-corrected chi connectivity index (χ4v) is 1.49. The van der Waals surface area contributed by atoms with Gasteiger partial charge in [0.15, 0.2) is 11.6 Å². The standard InChI is InChI=1S/C12H15F2NO2/c1-7(2)11(12(16)17)15-6-8-3-4-9(13)10(14)5-8/h3-5,7,11,15H,6H2,1-2H3,(H,16,17)/t11-/m0/s1. The van der Waals surface area contributed by atoms with Crippen LogP contribution in [0.3, 0.4) is 0 Å². The summed E-state index contributed by atoms with van der Waals surface area (Å²) in [7, 11) is 0. The first kappa shape index (κ1) is 13.6. The molecule has 0 amide bonds. The zero-order valence-electron chi connectivity index (χ0n) is 9.71. The first-order valence-electron chi connectivity index (χ1n) is 5.32. The van der Waals surface area contributed by atoms with Crippen LogP contribution in [0.15, 0.2) is 18.2 Å². The van der Waals surface area contributed by atoms with Gasteiger partial charge in [-0.05, 0) is 23.6 Å². The van der Waals surface area contributed by atoms with Gasteiger partial charge < -0.3 is 10.4 Å². The van der Waals surface area contributed by atoms with Crippen LogP contribution in [0, 0.1) is 17.6 Å². The van der Waals surface area contributed by atoms with Crippen molar-refractivity contribution in [1.29, 1.82) is 0 Å². The Morgan fingerprint density at radius 1 is 1.35 bits per heavy atom. The third kappa shape index (κ3) is 3.78. The fourth-order valence-electron chi connectivity index (χ4n) is 1.49. The highest BCUT2D eigenvalue weighted by molar-refractivity contribution is 5.73. The summed E-state index contributed by atoms with van der Waals surface area (Å²) in [6.07, 6.45) is 0. The lowest BCUT2D eigenvalue weighted by molar-refractivity contribution is -0.140. The molecule has 1 aromatic rings. The zero-order valence-corrected chi connectivity index (χ0v) is 9.71. The van der Waals surface area contributed by atoms with Gasteiger partial charge in [0.25, 0.3) is 0 Å². The van der Waals surface area contributed by atoms with E-state index >= 15 is 0 Å². The number of aliphatic carboxylic acids is 1. The minimum absolute atomic E-state index is 0.0854. The molecule has 1 atom stereocenters. The molecular formula is C12H15F2NO2. The van der Waals surface area contributed by atoms with Gasteiger partial charge in [0, 0.05) is 6.54 Å². The Morgan fingerprint density at radius 2 is 2.00 bits per heavy atom. The SMILES string of the molecule is CC(C)[C@H](NCc1ccc(F)c(F)c1)C(=O)O. The van der Waals surface area contributed by atoms with Crippen molar-refractivity contribution in [3.63, 3.8) is 0 Å². The Bertz CT molecular complexity index is 407. The second-order valence-electron chi connectivity index (χ2n) is 4.19. The average Bonchev–Trinajstić information content (AvgIpc) is 2.22. The minimum Gasteiger partial charge on any atom is -0.480 e. The minimum atomic E-state index is -0.956. The van der Waals surface area contributed by atoms with Gasteiger partial charge in [0.1, 0.15) is 6.04 Å². The highest BCUT2D eigenvalue weighted by atomic mass is 19.2. The zero-order chi connectivity index (χ0) is 13.0. The van der Waals surface area contributed by atoms with E-state index in [2.05, 4.69) is 5.32 Å². The molecule has 0 saturated carbocycles. The first-order valence-corrected chi connectivity index (χ1v) is 5.32. The number of hydrogen-bond donors (Lipinski definition) is 2. The Balaban J connectivity index is 2.65. The first-order chi connectivity index (χ1) is 7.91. The maximum absolute atomic E-state index is 12.9. The molecule has 94 valence electrons. The topological polar surface area (TPSA) is 49.3 Å². The molecule has 0 radical (unpaired) electrons. The number of halogens is 2. The number of rotatable bonds is 5. The quantitative estimate of drug-likeness (QED) is 0.833. The number of nitrogens with one attached hydrogen (secondary N) is 1. The molecule has 0 fully saturated rings. The molecule has 1 rings (SSSR count). The molecule has 1 aromatic carbocycles. The normalized spacial score (nSPS) is 12.8. The van der Waals surface area contributed by atoms with E-state index in [-0.39, 0.29) is 12.5 Å². The van der Waals surface area contributed by atoms with Crippen molar-refractivity contribution in [3.05, 3.63) is 35.4 Å². The van der Waals surface area contributed by atoms with Crippen LogP contribution < -0.4 is 5.32 Å². The lowest BCUT2D eigenvalue weighted by atomic mass is 10.0. The number of carbonyl (C=O) groups is 1. The van der Waals surface area contributed by atoms with E-state index in [1.807, 2.05) is 0 Å². The number of carboxylic acids is 1. The van der Waals surface area contributed by atoms with Crippen molar-refractivity contribution >= 4 is 5.97 Å². The smallest absolute Gasteiger partial charge is 0.320 e. The number of benzene rings is 1. The van der Waals surface area contributed by atoms with Crippen molar-refractivity contribution in [3.8, 4) is 0 Å². The van der Waals surface area contributed by atoms with E-state index in [9.17, 15) is 13.6 Å². The molecule has 0 aliphatic rings. The summed E-state index contributed by atoms with van der Waals surface area (Å²) < 4.78 is 25.6. The molecule has 0 bridgehead atoms. The van der Waals surface area contributed by atoms with E-state index < -0.39 is 23.6 Å². The Labute approximate surface area is 98.5 Å². The number of hydrogen-bond acceptors (Lipinski definition) is 2. The van der Waals surface area contributed by atoms with Crippen LogP contribution in [-0.4, -0.2) is 17.1 Å². The van der Waals surface area contributed by atoms with Gasteiger partial charge in [0.05, 0.1) is 0 Å². The molecule has 0 aromatic heterocycles. The van der Waals surface area contributed by atoms with Crippen molar-refractivity contribution in [2.24, 2.45) is 5.92 Å². The van der Waals surface area contributed by atoms with Crippen LogP contribution >= 0.6 is 0 Å². The van der Waals surface area contributed by atoms with Gasteiger partial charge >= 0.3 is 5.97 Å². The summed E-state index contributed by atoms with van der Waals surface area (Å²) in [5, 5.41) is 11.7. The van der Waals surface area contributed by atoms with E-state index in [4.69, 9.17) is 5.11 Å². The second kappa shape index (κ2) is 5.72. The van der Waals surface area contributed by atoms with Gasteiger partial charge in [-0.15, -0.1) is 0 Å². The van der Waals surface area contributed by atoms with E-state index in [0.717, 1.165) is 12.1 Å². The van der Waals surface area contributed by atoms with Crippen LogP contribution in [-0.2, 0) is 11.3 Å². The van der Waals surface area contributed by atoms with Crippen LogP contribution in [0.4, 0.5) is 8.78 Å². The maximum atomic E-state index is 12.9. The van der Waals surface area contributed by atoms with Crippen LogP contribution in [0.5, 0.6) is 0 Å². The summed E-state index contributed by atoms with van der Waals surface area (Å²) in [5.41, 5.74) is 0.510. The number of carboxylic acid groups (broad SMARTS) is 1. The molecule has 5 heteroatoms. The Kier molecular flexibility index (Phi) is 4.57. The van der Waals surface area contributed by atoms with Crippen LogP contribution in [0.1, 0.15) is 19.4 Å². The summed E-state index contributed by atoms with van der Waals surface area (Å²) in [6, 6.07) is 2.80. The molecule has 0 heterocycles. The summed E-state index contributed by atoms with van der Waals surface area (Å²) >= 11 is 0. The Morgan fingerprint density at radius 3 is 2.47 bits per heavy atom. The summed E-state index contributed by atoms with van der Waals surface area (Å²) in [6.45, 7) is 3.74. The van der Waals surface area contributed by atoms with Crippen LogP contribution in [0.2, 0.25) is 0 Å². The average molecular weight is 243 g/mol. The largest absolute Gasteiger partial charge is 0.480 e. The highest BCUT2D eigenvalue weighted by Crippen LogP contribution is 2.09. The van der Waals surface area contributed by atoms with Gasteiger partial charge in [-0.3, -0.25) is 4.79 Å². The fraction of sp³-hybridized carbons (Fsp3) is 0.417. The van der Waals surface area contributed by atoms with Crippen molar-refractivity contribution in [2.75, 3.05) is 0 Å². The van der Waals surface area contributed by atoms with E-state index in [1.165, 1.54) is 6.07 Å². The lowest BCUT2D eigenvalue weighted by Gasteiger charge is -2.17. The second-order valence-corrected chi connectivity index (χ2v) is 4.19. The van der Waals surface area contributed by atoms with E-state index in [1.54, 1.807) is 13.8 Å². The molecule has 0 unspecified atom stereocenters. The molecule has 17 heavy (non-hydrogen) atoms. The third-order valence-corrected chi connectivity index (χ3v) is 2.44. The van der Waals surface area contributed by atoms with Gasteiger partial charge in [0.2, 0.25) is 0 Å². The molecule has 0 aliphatic heterocycles. The predicted molar refractivity (Wildman–Crippen MR) is 59.5 cm³/mol. The third-order valence-electron chi connectivity index (χ3n) is 2.44. The summed E-state index contributed by atoms with van der Waals surface area (Å²) in [4.78, 5) is 10.9. The molecule has 0 aliphatic carbocycles. The molecule has 3 nitrogen and oxygen atoms in total. The maximum Gasteiger partial charge on any atom is 0.320 e. The van der Waals surface area contributed by atoms with Crippen molar-refractivity contribution < 1.29 is 18.7 Å². The van der Waals surface area contributed by atoms with Gasteiger partial charge in [-0.2, -0.15) is 0 Å². The van der Waals surface area contributed by atoms with Gasteiger partial charge in [-0.25, -0.2) is 8.78 Å². The molecule has 2 N–H and O–H groups in total. The molecule has 0 spiro atoms.